The van der Waals surface area contributed by atoms with E-state index in [2.05, 4.69) is 10.0 Å². The molecule has 0 saturated heterocycles. The van der Waals surface area contributed by atoms with Gasteiger partial charge in [-0.1, -0.05) is 50.1 Å². The van der Waals surface area contributed by atoms with Gasteiger partial charge in [-0.15, -0.1) is 0 Å². The van der Waals surface area contributed by atoms with E-state index in [0.29, 0.717) is 13.0 Å². The van der Waals surface area contributed by atoms with Gasteiger partial charge in [0.05, 0.1) is 0 Å². The molecule has 0 fully saturated rings. The minimum atomic E-state index is -0.218. The molecule has 0 unspecified atom stereocenters. The number of azide groups is 1. The maximum absolute atomic E-state index is 10.5. The van der Waals surface area contributed by atoms with Gasteiger partial charge < -0.3 is 0 Å². The fraction of sp³-hybridized carbons (Fsp3) is 0.917. The zero-order valence-electron chi connectivity index (χ0n) is 10.4. The summed E-state index contributed by atoms with van der Waals surface area (Å²) in [7, 11) is 0. The summed E-state index contributed by atoms with van der Waals surface area (Å²) in [5.41, 5.74) is 8.07. The highest BCUT2D eigenvalue weighted by Crippen LogP contribution is 2.11. The van der Waals surface area contributed by atoms with Crippen LogP contribution in [-0.2, 0) is 4.79 Å². The predicted molar refractivity (Wildman–Crippen MR) is 71.0 cm³/mol. The molecule has 0 saturated carbocycles. The first-order valence-electron chi connectivity index (χ1n) is 6.46. The van der Waals surface area contributed by atoms with E-state index in [1.165, 1.54) is 32.1 Å². The maximum Gasteiger partial charge on any atom is 0.221 e. The van der Waals surface area contributed by atoms with Gasteiger partial charge in [0.2, 0.25) is 5.24 Å². The van der Waals surface area contributed by atoms with E-state index in [4.69, 9.17) is 17.1 Å². The van der Waals surface area contributed by atoms with Crippen LogP contribution in [0, 0.1) is 0 Å². The van der Waals surface area contributed by atoms with E-state index in [9.17, 15) is 4.79 Å². The third-order valence-electron chi connectivity index (χ3n) is 2.69. The lowest BCUT2D eigenvalue weighted by atomic mass is 10.1. The number of nitrogens with zero attached hydrogens (tertiary/aromatic N) is 3. The van der Waals surface area contributed by atoms with Crippen molar-refractivity contribution in [2.24, 2.45) is 5.11 Å². The molecule has 98 valence electrons. The summed E-state index contributed by atoms with van der Waals surface area (Å²) in [6.07, 6.45) is 10.9. The number of hydrogen-bond acceptors (Lipinski definition) is 2. The molecule has 17 heavy (non-hydrogen) atoms. The van der Waals surface area contributed by atoms with Crippen LogP contribution >= 0.6 is 11.6 Å². The van der Waals surface area contributed by atoms with Crippen LogP contribution in [0.1, 0.15) is 64.2 Å². The Labute approximate surface area is 108 Å². The second-order valence-electron chi connectivity index (χ2n) is 4.24. The van der Waals surface area contributed by atoms with E-state index in [0.717, 1.165) is 25.7 Å². The molecule has 0 heterocycles. The van der Waals surface area contributed by atoms with E-state index in [1.807, 2.05) is 0 Å². The molecular formula is C12H22ClN3O. The lowest BCUT2D eigenvalue weighted by Gasteiger charge is -2.01. The van der Waals surface area contributed by atoms with Crippen LogP contribution in [0.2, 0.25) is 0 Å². The minimum absolute atomic E-state index is 0.218. The minimum Gasteiger partial charge on any atom is -0.281 e. The van der Waals surface area contributed by atoms with Gasteiger partial charge in [-0.25, -0.2) is 0 Å². The lowest BCUT2D eigenvalue weighted by molar-refractivity contribution is -0.111. The van der Waals surface area contributed by atoms with Gasteiger partial charge in [-0.3, -0.25) is 4.79 Å². The number of halogens is 1. The molecule has 0 bridgehead atoms. The van der Waals surface area contributed by atoms with E-state index in [-0.39, 0.29) is 5.24 Å². The van der Waals surface area contributed by atoms with Gasteiger partial charge in [0.1, 0.15) is 0 Å². The van der Waals surface area contributed by atoms with Crippen molar-refractivity contribution in [3.8, 4) is 0 Å². The SMILES string of the molecule is [N-]=[N+]=NCCCCCCCCCCCC(=O)Cl. The highest BCUT2D eigenvalue weighted by Gasteiger charge is 1.96. The van der Waals surface area contributed by atoms with E-state index >= 15 is 0 Å². The van der Waals surface area contributed by atoms with Gasteiger partial charge in [-0.05, 0) is 30.0 Å². The smallest absolute Gasteiger partial charge is 0.221 e. The molecule has 4 nitrogen and oxygen atoms in total. The number of hydrogen-bond donors (Lipinski definition) is 0. The second-order valence-corrected chi connectivity index (χ2v) is 4.66. The first-order chi connectivity index (χ1) is 8.27. The molecule has 0 N–H and O–H groups in total. The van der Waals surface area contributed by atoms with Crippen LogP contribution in [0.3, 0.4) is 0 Å². The monoisotopic (exact) mass is 259 g/mol. The number of carbonyl (C=O) groups is 1. The molecule has 0 amide bonds. The highest BCUT2D eigenvalue weighted by molar-refractivity contribution is 6.63. The van der Waals surface area contributed by atoms with Crippen LogP contribution in [0.5, 0.6) is 0 Å². The molecule has 0 aliphatic carbocycles. The average Bonchev–Trinajstić information content (AvgIpc) is 2.30. The van der Waals surface area contributed by atoms with Crippen molar-refractivity contribution >= 4 is 16.8 Å². The molecular weight excluding hydrogens is 238 g/mol. The number of carbonyl (C=O) groups excluding carboxylic acids is 1. The molecule has 0 radical (unpaired) electrons. The average molecular weight is 260 g/mol. The first-order valence-corrected chi connectivity index (χ1v) is 6.84. The quantitative estimate of drug-likeness (QED) is 0.161. The second kappa shape index (κ2) is 13.3. The van der Waals surface area contributed by atoms with Gasteiger partial charge in [-0.2, -0.15) is 0 Å². The standard InChI is InChI=1S/C12H22ClN3O/c13-12(17)10-8-6-4-2-1-3-5-7-9-11-15-16-14/h1-11H2. The van der Waals surface area contributed by atoms with E-state index < -0.39 is 0 Å². The Balaban J connectivity index is 2.98. The van der Waals surface area contributed by atoms with Crippen molar-refractivity contribution < 1.29 is 4.79 Å². The zero-order valence-corrected chi connectivity index (χ0v) is 11.2. The van der Waals surface area contributed by atoms with Gasteiger partial charge >= 0.3 is 0 Å². The molecule has 0 rings (SSSR count). The molecule has 5 heteroatoms. The summed E-state index contributed by atoms with van der Waals surface area (Å²) >= 11 is 5.24. The third kappa shape index (κ3) is 15.3. The molecule has 0 aliphatic heterocycles. The van der Waals surface area contributed by atoms with Crippen LogP contribution in [-0.4, -0.2) is 11.8 Å². The Hall–Kier alpha value is -0.730. The first kappa shape index (κ1) is 16.3. The van der Waals surface area contributed by atoms with Crippen LogP contribution < -0.4 is 0 Å². The summed E-state index contributed by atoms with van der Waals surface area (Å²) in [6, 6.07) is 0. The fourth-order valence-corrected chi connectivity index (χ4v) is 1.86. The van der Waals surface area contributed by atoms with Crippen molar-refractivity contribution in [2.45, 2.75) is 64.2 Å². The Bertz CT molecular complexity index is 230. The Kier molecular flexibility index (Phi) is 12.8. The largest absolute Gasteiger partial charge is 0.281 e. The van der Waals surface area contributed by atoms with Gasteiger partial charge in [0, 0.05) is 17.9 Å². The Morgan fingerprint density at radius 2 is 1.41 bits per heavy atom. The van der Waals surface area contributed by atoms with Crippen molar-refractivity contribution in [1.29, 1.82) is 0 Å². The van der Waals surface area contributed by atoms with Crippen molar-refractivity contribution in [3.05, 3.63) is 10.4 Å². The maximum atomic E-state index is 10.5. The van der Waals surface area contributed by atoms with E-state index in [1.54, 1.807) is 0 Å². The molecule has 0 spiro atoms. The number of rotatable bonds is 12. The van der Waals surface area contributed by atoms with Crippen molar-refractivity contribution in [1.82, 2.24) is 0 Å². The normalized spacial score (nSPS) is 9.94. The fourth-order valence-electron chi connectivity index (χ4n) is 1.73. The topological polar surface area (TPSA) is 65.8 Å². The number of unbranched alkanes of at least 4 members (excludes halogenated alkanes) is 8. The highest BCUT2D eigenvalue weighted by atomic mass is 35.5. The van der Waals surface area contributed by atoms with Crippen molar-refractivity contribution in [3.63, 3.8) is 0 Å². The summed E-state index contributed by atoms with van der Waals surface area (Å²) in [6.45, 7) is 0.628. The van der Waals surface area contributed by atoms with Gasteiger partial charge in [0.25, 0.3) is 0 Å². The summed E-state index contributed by atoms with van der Waals surface area (Å²) in [5.74, 6) is 0. The molecule has 0 aromatic heterocycles. The van der Waals surface area contributed by atoms with Crippen molar-refractivity contribution in [2.75, 3.05) is 6.54 Å². The van der Waals surface area contributed by atoms with Crippen LogP contribution in [0.4, 0.5) is 0 Å². The molecule has 0 atom stereocenters. The lowest BCUT2D eigenvalue weighted by Crippen LogP contribution is -1.87. The van der Waals surface area contributed by atoms with Crippen LogP contribution in [0.25, 0.3) is 10.4 Å². The molecule has 0 aromatic rings. The predicted octanol–water partition coefficient (Wildman–Crippen LogP) is 4.96. The summed E-state index contributed by atoms with van der Waals surface area (Å²) < 4.78 is 0. The Morgan fingerprint density at radius 1 is 0.941 bits per heavy atom. The third-order valence-corrected chi connectivity index (χ3v) is 2.88. The molecule has 0 aliphatic rings. The zero-order chi connectivity index (χ0) is 12.8. The van der Waals surface area contributed by atoms with Crippen LogP contribution in [0.15, 0.2) is 5.11 Å². The summed E-state index contributed by atoms with van der Waals surface area (Å²) in [4.78, 5) is 13.2. The molecule has 0 aromatic carbocycles. The Morgan fingerprint density at radius 3 is 1.88 bits per heavy atom. The summed E-state index contributed by atoms with van der Waals surface area (Å²) in [5, 5.41) is 3.28. The van der Waals surface area contributed by atoms with Gasteiger partial charge in [0.15, 0.2) is 0 Å².